The van der Waals surface area contributed by atoms with Crippen LogP contribution < -0.4 is 10.1 Å². The normalized spacial score (nSPS) is 10.7. The summed E-state index contributed by atoms with van der Waals surface area (Å²) in [5.74, 6) is 0.632. The zero-order valence-electron chi connectivity index (χ0n) is 14.4. The summed E-state index contributed by atoms with van der Waals surface area (Å²) < 4.78 is 6.94. The maximum atomic E-state index is 12.1. The van der Waals surface area contributed by atoms with Gasteiger partial charge in [0.2, 0.25) is 5.13 Å². The first-order valence-electron chi connectivity index (χ1n) is 7.97. The third-order valence-electron chi connectivity index (χ3n) is 3.75. The van der Waals surface area contributed by atoms with Gasteiger partial charge in [0, 0.05) is 29.6 Å². The number of aryl methyl sites for hydroxylation is 2. The molecule has 0 aliphatic rings. The molecule has 0 saturated carbocycles. The molecule has 0 aliphatic heterocycles. The predicted molar refractivity (Wildman–Crippen MR) is 97.7 cm³/mol. The molecule has 0 atom stereocenters. The third-order valence-corrected chi connectivity index (χ3v) is 4.61. The molecule has 1 amide bonds. The van der Waals surface area contributed by atoms with Crippen LogP contribution in [0.15, 0.2) is 35.7 Å². The number of ether oxygens (including phenoxy) is 1. The summed E-state index contributed by atoms with van der Waals surface area (Å²) in [6.45, 7) is 4.51. The first-order chi connectivity index (χ1) is 12.1. The number of nitrogens with one attached hydrogen (secondary N) is 1. The van der Waals surface area contributed by atoms with Gasteiger partial charge < -0.3 is 10.1 Å². The molecule has 0 aliphatic carbocycles. The molecule has 0 spiro atoms. The van der Waals surface area contributed by atoms with Crippen molar-refractivity contribution in [2.45, 2.75) is 20.3 Å². The Kier molecular flexibility index (Phi) is 5.14. The fourth-order valence-corrected chi connectivity index (χ4v) is 3.35. The number of carbonyl (C=O) groups excluding carboxylic acids is 1. The number of benzene rings is 1. The number of methoxy groups -OCH3 is 1. The lowest BCUT2D eigenvalue weighted by Crippen LogP contribution is -2.25. The van der Waals surface area contributed by atoms with E-state index in [4.69, 9.17) is 4.74 Å². The summed E-state index contributed by atoms with van der Waals surface area (Å²) in [5.41, 5.74) is 3.59. The first-order valence-corrected chi connectivity index (χ1v) is 8.85. The number of hydrogen-bond donors (Lipinski definition) is 1. The summed E-state index contributed by atoms with van der Waals surface area (Å²) in [6, 6.07) is 9.07. The van der Waals surface area contributed by atoms with E-state index >= 15 is 0 Å². The standard InChI is InChI=1S/C18H20N4O2S/c1-12-10-13(2)22(21-12)18-20-15(11-25-18)8-9-19-17(23)14-4-6-16(24-3)7-5-14/h4-7,10-11H,8-9H2,1-3H3,(H,19,23). The van der Waals surface area contributed by atoms with Crippen molar-refractivity contribution < 1.29 is 9.53 Å². The van der Waals surface area contributed by atoms with Gasteiger partial charge in [0.15, 0.2) is 0 Å². The fourth-order valence-electron chi connectivity index (χ4n) is 2.48. The van der Waals surface area contributed by atoms with E-state index in [1.165, 1.54) is 0 Å². The van der Waals surface area contributed by atoms with Crippen LogP contribution in [0.3, 0.4) is 0 Å². The van der Waals surface area contributed by atoms with Crippen molar-refractivity contribution in [2.24, 2.45) is 0 Å². The lowest BCUT2D eigenvalue weighted by atomic mass is 10.2. The van der Waals surface area contributed by atoms with E-state index in [0.717, 1.165) is 28.0 Å². The van der Waals surface area contributed by atoms with E-state index in [0.29, 0.717) is 18.5 Å². The molecule has 2 aromatic heterocycles. The highest BCUT2D eigenvalue weighted by molar-refractivity contribution is 7.12. The van der Waals surface area contributed by atoms with Crippen LogP contribution in [-0.2, 0) is 6.42 Å². The quantitative estimate of drug-likeness (QED) is 0.737. The van der Waals surface area contributed by atoms with Crippen LogP contribution in [0.25, 0.3) is 5.13 Å². The van der Waals surface area contributed by atoms with E-state index in [1.807, 2.05) is 30.0 Å². The minimum absolute atomic E-state index is 0.100. The molecule has 0 saturated heterocycles. The molecular weight excluding hydrogens is 336 g/mol. The molecule has 1 aromatic carbocycles. The average Bonchev–Trinajstić information content (AvgIpc) is 3.20. The van der Waals surface area contributed by atoms with Crippen molar-refractivity contribution in [1.29, 1.82) is 0 Å². The Morgan fingerprint density at radius 2 is 2.04 bits per heavy atom. The van der Waals surface area contributed by atoms with E-state index in [2.05, 4.69) is 15.4 Å². The average molecular weight is 356 g/mol. The van der Waals surface area contributed by atoms with Crippen LogP contribution in [0.5, 0.6) is 5.75 Å². The Labute approximate surface area is 150 Å². The lowest BCUT2D eigenvalue weighted by molar-refractivity contribution is 0.0954. The number of amides is 1. The maximum Gasteiger partial charge on any atom is 0.251 e. The number of rotatable bonds is 6. The summed E-state index contributed by atoms with van der Waals surface area (Å²) in [6.07, 6.45) is 0.678. The van der Waals surface area contributed by atoms with Crippen LogP contribution >= 0.6 is 11.3 Å². The molecule has 7 heteroatoms. The van der Waals surface area contributed by atoms with Crippen LogP contribution in [0.1, 0.15) is 27.4 Å². The summed E-state index contributed by atoms with van der Waals surface area (Å²) in [7, 11) is 1.60. The topological polar surface area (TPSA) is 69.0 Å². The predicted octanol–water partition coefficient (Wildman–Crippen LogP) is 2.93. The van der Waals surface area contributed by atoms with E-state index < -0.39 is 0 Å². The molecule has 2 heterocycles. The highest BCUT2D eigenvalue weighted by Gasteiger charge is 2.09. The van der Waals surface area contributed by atoms with Gasteiger partial charge in [-0.25, -0.2) is 9.67 Å². The SMILES string of the molecule is COc1ccc(C(=O)NCCc2csc(-n3nc(C)cc3C)n2)cc1. The fraction of sp³-hybridized carbons (Fsp3) is 0.278. The van der Waals surface area contributed by atoms with Gasteiger partial charge in [-0.3, -0.25) is 4.79 Å². The maximum absolute atomic E-state index is 12.1. The highest BCUT2D eigenvalue weighted by Crippen LogP contribution is 2.17. The third kappa shape index (κ3) is 4.06. The van der Waals surface area contributed by atoms with Crippen LogP contribution in [0.2, 0.25) is 0 Å². The van der Waals surface area contributed by atoms with Gasteiger partial charge in [-0.15, -0.1) is 11.3 Å². The summed E-state index contributed by atoms with van der Waals surface area (Å²) in [5, 5.41) is 10.2. The van der Waals surface area contributed by atoms with Crippen LogP contribution in [0.4, 0.5) is 0 Å². The second-order valence-corrected chi connectivity index (χ2v) is 6.53. The van der Waals surface area contributed by atoms with Crippen molar-refractivity contribution in [3.63, 3.8) is 0 Å². The molecule has 0 bridgehead atoms. The van der Waals surface area contributed by atoms with Crippen molar-refractivity contribution in [2.75, 3.05) is 13.7 Å². The number of nitrogens with zero attached hydrogens (tertiary/aromatic N) is 3. The summed E-state index contributed by atoms with van der Waals surface area (Å²) in [4.78, 5) is 16.7. The zero-order valence-corrected chi connectivity index (χ0v) is 15.3. The van der Waals surface area contributed by atoms with Crippen molar-refractivity contribution in [3.8, 4) is 10.9 Å². The number of carbonyl (C=O) groups is 1. The molecule has 0 unspecified atom stereocenters. The minimum atomic E-state index is -0.100. The molecule has 6 nitrogen and oxygen atoms in total. The second-order valence-electron chi connectivity index (χ2n) is 5.69. The molecule has 130 valence electrons. The van der Waals surface area contributed by atoms with Crippen LogP contribution in [-0.4, -0.2) is 34.3 Å². The van der Waals surface area contributed by atoms with Crippen LogP contribution in [0, 0.1) is 13.8 Å². The molecular formula is C18H20N4O2S. The number of aromatic nitrogens is 3. The number of thiazole rings is 1. The Morgan fingerprint density at radius 1 is 1.28 bits per heavy atom. The highest BCUT2D eigenvalue weighted by atomic mass is 32.1. The number of hydrogen-bond acceptors (Lipinski definition) is 5. The van der Waals surface area contributed by atoms with E-state index in [-0.39, 0.29) is 5.91 Å². The Balaban J connectivity index is 1.55. The largest absolute Gasteiger partial charge is 0.497 e. The van der Waals surface area contributed by atoms with Gasteiger partial charge in [0.25, 0.3) is 5.91 Å². The van der Waals surface area contributed by atoms with Gasteiger partial charge in [-0.2, -0.15) is 5.10 Å². The molecule has 0 fully saturated rings. The van der Waals surface area contributed by atoms with E-state index in [9.17, 15) is 4.79 Å². The van der Waals surface area contributed by atoms with Crippen molar-refractivity contribution in [1.82, 2.24) is 20.1 Å². The smallest absolute Gasteiger partial charge is 0.251 e. The molecule has 3 rings (SSSR count). The molecule has 1 N–H and O–H groups in total. The summed E-state index contributed by atoms with van der Waals surface area (Å²) >= 11 is 1.55. The molecule has 3 aromatic rings. The molecule has 25 heavy (non-hydrogen) atoms. The lowest BCUT2D eigenvalue weighted by Gasteiger charge is -2.05. The van der Waals surface area contributed by atoms with Gasteiger partial charge in [0.05, 0.1) is 18.5 Å². The monoisotopic (exact) mass is 356 g/mol. The Bertz CT molecular complexity index is 868. The minimum Gasteiger partial charge on any atom is -0.497 e. The first kappa shape index (κ1) is 17.2. The van der Waals surface area contributed by atoms with Crippen molar-refractivity contribution >= 4 is 17.2 Å². The van der Waals surface area contributed by atoms with Gasteiger partial charge >= 0.3 is 0 Å². The van der Waals surface area contributed by atoms with Gasteiger partial charge in [-0.05, 0) is 44.2 Å². The molecule has 0 radical (unpaired) electrons. The zero-order chi connectivity index (χ0) is 17.8. The van der Waals surface area contributed by atoms with Gasteiger partial charge in [-0.1, -0.05) is 0 Å². The Morgan fingerprint density at radius 3 is 2.68 bits per heavy atom. The van der Waals surface area contributed by atoms with Gasteiger partial charge in [0.1, 0.15) is 5.75 Å². The van der Waals surface area contributed by atoms with E-state index in [1.54, 1.807) is 42.7 Å². The second kappa shape index (κ2) is 7.48. The van der Waals surface area contributed by atoms with Crippen molar-refractivity contribution in [3.05, 3.63) is 58.4 Å². The Hall–Kier alpha value is -2.67.